The average Bonchev–Trinajstić information content (AvgIpc) is 3.40. The van der Waals surface area contributed by atoms with Gasteiger partial charge in [-0.05, 0) is 68.0 Å². The second-order valence-corrected chi connectivity index (χ2v) is 8.48. The van der Waals surface area contributed by atoms with E-state index < -0.39 is 0 Å². The molecule has 3 heteroatoms. The summed E-state index contributed by atoms with van der Waals surface area (Å²) in [6, 6.07) is 18.0. The van der Waals surface area contributed by atoms with Gasteiger partial charge in [0.25, 0.3) is 0 Å². The summed E-state index contributed by atoms with van der Waals surface area (Å²) >= 11 is 0. The largest absolute Gasteiger partial charge is 0.465 e. The number of rotatable bonds is 5. The van der Waals surface area contributed by atoms with Crippen molar-refractivity contribution in [2.24, 2.45) is 0 Å². The van der Waals surface area contributed by atoms with Crippen LogP contribution >= 0.6 is 0 Å². The molecular weight excluding hydrogens is 382 g/mol. The van der Waals surface area contributed by atoms with E-state index in [0.29, 0.717) is 6.04 Å². The molecule has 31 heavy (non-hydrogen) atoms. The molecule has 1 unspecified atom stereocenters. The highest BCUT2D eigenvalue weighted by atomic mass is 16.5. The second-order valence-electron chi connectivity index (χ2n) is 8.48. The minimum Gasteiger partial charge on any atom is -0.465 e. The first-order valence-corrected chi connectivity index (χ1v) is 11.3. The summed E-state index contributed by atoms with van der Waals surface area (Å²) in [4.78, 5) is 2.58. The fourth-order valence-electron chi connectivity index (χ4n) is 4.52. The smallest absolute Gasteiger partial charge is 0.169 e. The Morgan fingerprint density at radius 2 is 1.45 bits per heavy atom. The maximum Gasteiger partial charge on any atom is 0.169 e. The Balaban J connectivity index is 1.27. The van der Waals surface area contributed by atoms with E-state index in [2.05, 4.69) is 78.6 Å². The van der Waals surface area contributed by atoms with Gasteiger partial charge in [-0.3, -0.25) is 4.90 Å². The van der Waals surface area contributed by atoms with Crippen LogP contribution in [0.1, 0.15) is 49.8 Å². The lowest BCUT2D eigenvalue weighted by Crippen LogP contribution is -2.23. The van der Waals surface area contributed by atoms with Crippen molar-refractivity contribution in [3.05, 3.63) is 102 Å². The first-order chi connectivity index (χ1) is 15.3. The van der Waals surface area contributed by atoms with E-state index in [4.69, 9.17) is 9.47 Å². The molecule has 1 aliphatic carbocycles. The van der Waals surface area contributed by atoms with Crippen molar-refractivity contribution >= 4 is 5.76 Å². The Labute approximate surface area is 185 Å². The minimum absolute atomic E-state index is 0.492. The first-order valence-electron chi connectivity index (χ1n) is 11.3. The minimum atomic E-state index is 0.492. The molecule has 1 atom stereocenters. The molecule has 0 spiro atoms. The van der Waals surface area contributed by atoms with Gasteiger partial charge in [-0.2, -0.15) is 0 Å². The lowest BCUT2D eigenvalue weighted by Gasteiger charge is -2.24. The lowest BCUT2D eigenvalue weighted by molar-refractivity contribution is 0.263. The highest BCUT2D eigenvalue weighted by Gasteiger charge is 2.19. The number of likely N-dealkylation sites (tertiary alicyclic amines) is 1. The van der Waals surface area contributed by atoms with E-state index >= 15 is 0 Å². The van der Waals surface area contributed by atoms with E-state index in [1.54, 1.807) is 12.5 Å². The summed E-state index contributed by atoms with van der Waals surface area (Å²) in [6.45, 7) is 4.76. The van der Waals surface area contributed by atoms with Crippen LogP contribution in [0.15, 0.2) is 90.6 Å². The van der Waals surface area contributed by atoms with Crippen molar-refractivity contribution in [2.75, 3.05) is 13.1 Å². The zero-order chi connectivity index (χ0) is 21.0. The maximum atomic E-state index is 6.14. The molecule has 0 saturated carbocycles. The van der Waals surface area contributed by atoms with Crippen LogP contribution in [-0.4, -0.2) is 18.0 Å². The summed E-state index contributed by atoms with van der Waals surface area (Å²) in [7, 11) is 0. The summed E-state index contributed by atoms with van der Waals surface area (Å²) in [5.41, 5.74) is 6.02. The van der Waals surface area contributed by atoms with Crippen LogP contribution in [0.3, 0.4) is 0 Å². The van der Waals surface area contributed by atoms with Crippen molar-refractivity contribution in [3.63, 3.8) is 0 Å². The number of benzene rings is 2. The van der Waals surface area contributed by atoms with E-state index in [0.717, 1.165) is 29.9 Å². The third kappa shape index (κ3) is 4.38. The van der Waals surface area contributed by atoms with Gasteiger partial charge in [0, 0.05) is 11.6 Å². The first kappa shape index (κ1) is 19.9. The number of hydrogen-bond acceptors (Lipinski definition) is 3. The Morgan fingerprint density at radius 3 is 2.13 bits per heavy atom. The quantitative estimate of drug-likeness (QED) is 0.530. The third-order valence-electron chi connectivity index (χ3n) is 6.48. The SMILES string of the molecule is CC(c1ccc(-c2ccc(C3=COC=C(C4=CC=CCC4)O3)cc2)cc1)N1CCCC1. The molecule has 3 nitrogen and oxygen atoms in total. The summed E-state index contributed by atoms with van der Waals surface area (Å²) in [6.07, 6.45) is 14.4. The van der Waals surface area contributed by atoms with Crippen LogP contribution in [0.2, 0.25) is 0 Å². The average molecular weight is 412 g/mol. The zero-order valence-corrected chi connectivity index (χ0v) is 18.1. The topological polar surface area (TPSA) is 21.7 Å². The van der Waals surface area contributed by atoms with Crippen molar-refractivity contribution in [3.8, 4) is 11.1 Å². The molecule has 2 aliphatic heterocycles. The fraction of sp³-hybridized carbons (Fsp3) is 0.286. The van der Waals surface area contributed by atoms with Gasteiger partial charge in [0.1, 0.15) is 12.5 Å². The second kappa shape index (κ2) is 8.99. The Morgan fingerprint density at radius 1 is 0.806 bits per heavy atom. The van der Waals surface area contributed by atoms with E-state index in [9.17, 15) is 0 Å². The van der Waals surface area contributed by atoms with Gasteiger partial charge in [-0.1, -0.05) is 66.8 Å². The molecule has 2 heterocycles. The molecule has 2 aromatic carbocycles. The Hall–Kier alpha value is -3.04. The molecule has 0 amide bonds. The molecule has 0 bridgehead atoms. The Kier molecular flexibility index (Phi) is 5.77. The molecule has 1 saturated heterocycles. The molecule has 3 aliphatic rings. The highest BCUT2D eigenvalue weighted by molar-refractivity contribution is 5.68. The molecule has 2 aromatic rings. The molecule has 0 N–H and O–H groups in total. The van der Waals surface area contributed by atoms with Crippen molar-refractivity contribution in [1.82, 2.24) is 4.90 Å². The van der Waals surface area contributed by atoms with E-state index in [1.807, 2.05) is 0 Å². The van der Waals surface area contributed by atoms with Gasteiger partial charge < -0.3 is 9.47 Å². The van der Waals surface area contributed by atoms with E-state index in [-0.39, 0.29) is 0 Å². The number of hydrogen-bond donors (Lipinski definition) is 0. The molecular formula is C28H29NO2. The number of ether oxygens (including phenoxy) is 2. The van der Waals surface area contributed by atoms with Gasteiger partial charge in [0.15, 0.2) is 11.5 Å². The summed E-state index contributed by atoms with van der Waals surface area (Å²) in [5, 5.41) is 0. The van der Waals surface area contributed by atoms with Crippen LogP contribution in [0.25, 0.3) is 16.9 Å². The predicted octanol–water partition coefficient (Wildman–Crippen LogP) is 6.97. The van der Waals surface area contributed by atoms with E-state index in [1.165, 1.54) is 48.2 Å². The van der Waals surface area contributed by atoms with Gasteiger partial charge in [-0.15, -0.1) is 0 Å². The van der Waals surface area contributed by atoms with Crippen LogP contribution in [0.4, 0.5) is 0 Å². The predicted molar refractivity (Wildman–Crippen MR) is 126 cm³/mol. The lowest BCUT2D eigenvalue weighted by atomic mass is 9.99. The van der Waals surface area contributed by atoms with Crippen LogP contribution in [-0.2, 0) is 9.47 Å². The van der Waals surface area contributed by atoms with Gasteiger partial charge in [0.05, 0.1) is 0 Å². The van der Waals surface area contributed by atoms with Crippen LogP contribution < -0.4 is 0 Å². The van der Waals surface area contributed by atoms with Crippen molar-refractivity contribution in [1.29, 1.82) is 0 Å². The zero-order valence-electron chi connectivity index (χ0n) is 18.1. The summed E-state index contributed by atoms with van der Waals surface area (Å²) < 4.78 is 11.7. The molecule has 0 radical (unpaired) electrons. The standard InChI is InChI=1S/C28H29NO2/c1-21(29-17-5-6-18-29)22-9-11-23(12-10-22)24-13-15-26(16-14-24)28-20-30-19-27(31-28)25-7-3-2-4-8-25/h2-3,7,9-16,19-21H,4-6,8,17-18H2,1H3. The molecule has 0 aromatic heterocycles. The van der Waals surface area contributed by atoms with Crippen LogP contribution in [0, 0.1) is 0 Å². The molecule has 158 valence electrons. The third-order valence-corrected chi connectivity index (χ3v) is 6.48. The van der Waals surface area contributed by atoms with Gasteiger partial charge >= 0.3 is 0 Å². The van der Waals surface area contributed by atoms with Gasteiger partial charge in [-0.25, -0.2) is 0 Å². The fourth-order valence-corrected chi connectivity index (χ4v) is 4.52. The van der Waals surface area contributed by atoms with Crippen LogP contribution in [0.5, 0.6) is 0 Å². The molecule has 5 rings (SSSR count). The molecule has 1 fully saturated rings. The number of nitrogens with zero attached hydrogens (tertiary/aromatic N) is 1. The Bertz CT molecular complexity index is 1040. The van der Waals surface area contributed by atoms with Gasteiger partial charge in [0.2, 0.25) is 0 Å². The van der Waals surface area contributed by atoms with Crippen molar-refractivity contribution < 1.29 is 9.47 Å². The maximum absolute atomic E-state index is 6.14. The summed E-state index contributed by atoms with van der Waals surface area (Å²) in [5.74, 6) is 1.54. The highest BCUT2D eigenvalue weighted by Crippen LogP contribution is 2.32. The normalized spacial score (nSPS) is 19.7. The van der Waals surface area contributed by atoms with Crippen molar-refractivity contribution in [2.45, 2.75) is 38.6 Å². The number of allylic oxidation sites excluding steroid dienone is 4. The monoisotopic (exact) mass is 411 g/mol.